The number of carbonyl (C=O) groups is 2. The number of halogens is 1. The summed E-state index contributed by atoms with van der Waals surface area (Å²) in [6, 6.07) is 7.74. The second-order valence-corrected chi connectivity index (χ2v) is 8.68. The quantitative estimate of drug-likeness (QED) is 0.807. The molecule has 1 unspecified atom stereocenters. The standard InChI is InChI=1S/C21H27ClN2O2/c1-2-12-23-13-10-20(18(23)25)11-14-24(15-20)19(26)21(8-3-9-21)16-4-6-17(22)7-5-16/h4-7H,2-3,8-15H2,1H3. The van der Waals surface area contributed by atoms with Crippen LogP contribution in [0, 0.1) is 5.41 Å². The molecule has 1 aliphatic carbocycles. The number of carbonyl (C=O) groups excluding carboxylic acids is 2. The molecule has 2 amide bonds. The molecule has 0 N–H and O–H groups in total. The lowest BCUT2D eigenvalue weighted by atomic mass is 9.63. The first-order chi connectivity index (χ1) is 12.5. The maximum Gasteiger partial charge on any atom is 0.233 e. The molecule has 2 aliphatic heterocycles. The Hall–Kier alpha value is -1.55. The molecule has 3 fully saturated rings. The zero-order valence-electron chi connectivity index (χ0n) is 15.5. The van der Waals surface area contributed by atoms with Gasteiger partial charge in [-0.05, 0) is 49.8 Å². The van der Waals surface area contributed by atoms with Crippen LogP contribution in [0.2, 0.25) is 5.02 Å². The summed E-state index contributed by atoms with van der Waals surface area (Å²) >= 11 is 6.03. The highest BCUT2D eigenvalue weighted by molar-refractivity contribution is 6.30. The fraction of sp³-hybridized carbons (Fsp3) is 0.619. The second-order valence-electron chi connectivity index (χ2n) is 8.24. The lowest BCUT2D eigenvalue weighted by Gasteiger charge is -2.43. The summed E-state index contributed by atoms with van der Waals surface area (Å²) in [5.74, 6) is 0.480. The molecule has 1 aromatic rings. The minimum Gasteiger partial charge on any atom is -0.342 e. The first-order valence-corrected chi connectivity index (χ1v) is 10.2. The largest absolute Gasteiger partial charge is 0.342 e. The van der Waals surface area contributed by atoms with Gasteiger partial charge in [-0.2, -0.15) is 0 Å². The number of amides is 2. The molecule has 1 aromatic carbocycles. The van der Waals surface area contributed by atoms with E-state index in [9.17, 15) is 9.59 Å². The molecule has 1 saturated carbocycles. The van der Waals surface area contributed by atoms with Crippen molar-refractivity contribution >= 4 is 23.4 Å². The van der Waals surface area contributed by atoms with Crippen LogP contribution < -0.4 is 0 Å². The lowest BCUT2D eigenvalue weighted by Crippen LogP contribution is -2.51. The van der Waals surface area contributed by atoms with Gasteiger partial charge in [0, 0.05) is 31.2 Å². The Bertz CT molecular complexity index is 713. The van der Waals surface area contributed by atoms with E-state index < -0.39 is 5.41 Å². The highest BCUT2D eigenvalue weighted by Gasteiger charge is 2.55. The third-order valence-electron chi connectivity index (χ3n) is 6.75. The molecule has 4 nitrogen and oxygen atoms in total. The number of hydrogen-bond acceptors (Lipinski definition) is 2. The fourth-order valence-corrected chi connectivity index (χ4v) is 5.15. The Kier molecular flexibility index (Phi) is 4.50. The van der Waals surface area contributed by atoms with Crippen molar-refractivity contribution in [2.45, 2.75) is 50.9 Å². The van der Waals surface area contributed by atoms with Gasteiger partial charge in [0.05, 0.1) is 10.8 Å². The van der Waals surface area contributed by atoms with Crippen LogP contribution in [0.4, 0.5) is 0 Å². The van der Waals surface area contributed by atoms with Crippen molar-refractivity contribution in [2.75, 3.05) is 26.2 Å². The first-order valence-electron chi connectivity index (χ1n) is 9.86. The molecule has 1 spiro atoms. The van der Waals surface area contributed by atoms with Gasteiger partial charge in [0.2, 0.25) is 11.8 Å². The lowest BCUT2D eigenvalue weighted by molar-refractivity contribution is -0.141. The second kappa shape index (κ2) is 6.56. The van der Waals surface area contributed by atoms with E-state index in [0.29, 0.717) is 18.1 Å². The predicted molar refractivity (Wildman–Crippen MR) is 102 cm³/mol. The van der Waals surface area contributed by atoms with Crippen LogP contribution in [-0.2, 0) is 15.0 Å². The molecule has 2 saturated heterocycles. The zero-order chi connectivity index (χ0) is 18.4. The fourth-order valence-electron chi connectivity index (χ4n) is 5.03. The Balaban J connectivity index is 1.52. The van der Waals surface area contributed by atoms with Crippen LogP contribution >= 0.6 is 11.6 Å². The summed E-state index contributed by atoms with van der Waals surface area (Å²) in [6.07, 6.45) is 5.57. The normalized spacial score (nSPS) is 27.2. The highest BCUT2D eigenvalue weighted by Crippen LogP contribution is 2.48. The van der Waals surface area contributed by atoms with E-state index in [-0.39, 0.29) is 17.2 Å². The van der Waals surface area contributed by atoms with Crippen molar-refractivity contribution in [3.05, 3.63) is 34.9 Å². The first kappa shape index (κ1) is 17.8. The van der Waals surface area contributed by atoms with E-state index >= 15 is 0 Å². The Labute approximate surface area is 160 Å². The average molecular weight is 375 g/mol. The number of hydrogen-bond donors (Lipinski definition) is 0. The van der Waals surface area contributed by atoms with E-state index in [0.717, 1.165) is 57.2 Å². The van der Waals surface area contributed by atoms with Crippen LogP contribution in [0.3, 0.4) is 0 Å². The molecular weight excluding hydrogens is 348 g/mol. The highest BCUT2D eigenvalue weighted by atomic mass is 35.5. The van der Waals surface area contributed by atoms with Gasteiger partial charge in [-0.1, -0.05) is 37.1 Å². The van der Waals surface area contributed by atoms with Gasteiger partial charge in [-0.25, -0.2) is 0 Å². The van der Waals surface area contributed by atoms with Crippen molar-refractivity contribution in [1.82, 2.24) is 9.80 Å². The van der Waals surface area contributed by atoms with Crippen LogP contribution in [0.15, 0.2) is 24.3 Å². The summed E-state index contributed by atoms with van der Waals surface area (Å²) in [5, 5.41) is 0.698. The molecule has 140 valence electrons. The predicted octanol–water partition coefficient (Wildman–Crippen LogP) is 3.62. The minimum absolute atomic E-state index is 0.213. The van der Waals surface area contributed by atoms with E-state index in [1.54, 1.807) is 0 Å². The third-order valence-corrected chi connectivity index (χ3v) is 7.00. The maximum atomic E-state index is 13.5. The van der Waals surface area contributed by atoms with E-state index in [2.05, 4.69) is 6.92 Å². The molecule has 3 aliphatic rings. The summed E-state index contributed by atoms with van der Waals surface area (Å²) in [6.45, 7) is 5.09. The van der Waals surface area contributed by atoms with Crippen LogP contribution in [0.1, 0.15) is 51.0 Å². The SMILES string of the molecule is CCCN1CCC2(CCN(C(=O)C3(c4ccc(Cl)cc4)CCC3)C2)C1=O. The van der Waals surface area contributed by atoms with Crippen molar-refractivity contribution in [2.24, 2.45) is 5.41 Å². The van der Waals surface area contributed by atoms with Gasteiger partial charge in [-0.15, -0.1) is 0 Å². The molecule has 0 aromatic heterocycles. The molecule has 4 rings (SSSR count). The minimum atomic E-state index is -0.402. The Morgan fingerprint density at radius 2 is 1.81 bits per heavy atom. The number of rotatable bonds is 4. The maximum absolute atomic E-state index is 13.5. The summed E-state index contributed by atoms with van der Waals surface area (Å²) in [7, 11) is 0. The van der Waals surface area contributed by atoms with Gasteiger partial charge in [-0.3, -0.25) is 9.59 Å². The third kappa shape index (κ3) is 2.65. The molecule has 0 radical (unpaired) electrons. The van der Waals surface area contributed by atoms with Crippen molar-refractivity contribution < 1.29 is 9.59 Å². The van der Waals surface area contributed by atoms with Gasteiger partial charge < -0.3 is 9.80 Å². The topological polar surface area (TPSA) is 40.6 Å². The molecule has 2 heterocycles. The molecule has 26 heavy (non-hydrogen) atoms. The van der Waals surface area contributed by atoms with E-state index in [1.807, 2.05) is 34.1 Å². The van der Waals surface area contributed by atoms with Gasteiger partial charge >= 0.3 is 0 Å². The number of nitrogens with zero attached hydrogens (tertiary/aromatic N) is 2. The van der Waals surface area contributed by atoms with Gasteiger partial charge in [0.15, 0.2) is 0 Å². The van der Waals surface area contributed by atoms with E-state index in [4.69, 9.17) is 11.6 Å². The van der Waals surface area contributed by atoms with Crippen LogP contribution in [0.25, 0.3) is 0 Å². The summed E-state index contributed by atoms with van der Waals surface area (Å²) < 4.78 is 0. The zero-order valence-corrected chi connectivity index (χ0v) is 16.2. The smallest absolute Gasteiger partial charge is 0.233 e. The molecule has 5 heteroatoms. The molecule has 0 bridgehead atoms. The number of benzene rings is 1. The van der Waals surface area contributed by atoms with Crippen LogP contribution in [0.5, 0.6) is 0 Å². The average Bonchev–Trinajstić information content (AvgIpc) is 3.16. The monoisotopic (exact) mass is 374 g/mol. The Morgan fingerprint density at radius 3 is 2.42 bits per heavy atom. The van der Waals surface area contributed by atoms with Crippen molar-refractivity contribution in [3.63, 3.8) is 0 Å². The van der Waals surface area contributed by atoms with Crippen molar-refractivity contribution in [1.29, 1.82) is 0 Å². The number of likely N-dealkylation sites (tertiary alicyclic amines) is 2. The molecule has 1 atom stereocenters. The summed E-state index contributed by atoms with van der Waals surface area (Å²) in [4.78, 5) is 30.3. The van der Waals surface area contributed by atoms with Crippen molar-refractivity contribution in [3.8, 4) is 0 Å². The Morgan fingerprint density at radius 1 is 1.12 bits per heavy atom. The van der Waals surface area contributed by atoms with E-state index in [1.165, 1.54) is 0 Å². The molecular formula is C21H27ClN2O2. The summed E-state index contributed by atoms with van der Waals surface area (Å²) in [5.41, 5.74) is 0.348. The van der Waals surface area contributed by atoms with Crippen LogP contribution in [-0.4, -0.2) is 47.8 Å². The van der Waals surface area contributed by atoms with Gasteiger partial charge in [0.1, 0.15) is 0 Å². The van der Waals surface area contributed by atoms with Gasteiger partial charge in [0.25, 0.3) is 0 Å².